The quantitative estimate of drug-likeness (QED) is 0.570. The molecular weight excluding hydrogens is 372 g/mol. The number of hydrogen-bond donors (Lipinski definition) is 1. The first-order chi connectivity index (χ1) is 14.0. The molecule has 1 unspecified atom stereocenters. The third-order valence-corrected chi connectivity index (χ3v) is 4.64. The summed E-state index contributed by atoms with van der Waals surface area (Å²) in [7, 11) is 2.85. The van der Waals surface area contributed by atoms with Crippen molar-refractivity contribution in [3.63, 3.8) is 0 Å². The molecule has 1 fully saturated rings. The van der Waals surface area contributed by atoms with Gasteiger partial charge in [0.25, 0.3) is 5.91 Å². The minimum atomic E-state index is -1.35. The first-order valence-corrected chi connectivity index (χ1v) is 8.90. The van der Waals surface area contributed by atoms with Gasteiger partial charge in [0.15, 0.2) is 5.76 Å². The van der Waals surface area contributed by atoms with E-state index >= 15 is 0 Å². The van der Waals surface area contributed by atoms with E-state index in [0.29, 0.717) is 11.4 Å². The number of rotatable bonds is 5. The summed E-state index contributed by atoms with van der Waals surface area (Å²) in [6, 6.07) is 0. The van der Waals surface area contributed by atoms with Crippen LogP contribution in [0.5, 0.6) is 0 Å². The molecule has 1 atom stereocenters. The van der Waals surface area contributed by atoms with Crippen molar-refractivity contribution in [3.05, 3.63) is 71.5 Å². The summed E-state index contributed by atoms with van der Waals surface area (Å²) in [6.45, 7) is 0. The highest BCUT2D eigenvalue weighted by Gasteiger charge is 2.49. The number of methoxy groups -OCH3 is 2. The molecule has 1 N–H and O–H groups in total. The lowest BCUT2D eigenvalue weighted by Crippen LogP contribution is -2.46. The lowest BCUT2D eigenvalue weighted by molar-refractivity contribution is -0.135. The molecule has 0 bridgehead atoms. The smallest absolute Gasteiger partial charge is 0.290 e. The minimum absolute atomic E-state index is 0.156. The monoisotopic (exact) mass is 390 g/mol. The lowest BCUT2D eigenvalue weighted by atomic mass is 10.1. The van der Waals surface area contributed by atoms with Crippen LogP contribution in [0.4, 0.5) is 0 Å². The molecule has 8 nitrogen and oxygen atoms in total. The minimum Gasteiger partial charge on any atom is -0.494 e. The maximum Gasteiger partial charge on any atom is 0.290 e. The zero-order chi connectivity index (χ0) is 20.4. The molecule has 4 heterocycles. The van der Waals surface area contributed by atoms with E-state index in [9.17, 15) is 9.59 Å². The van der Waals surface area contributed by atoms with Crippen LogP contribution in [0.25, 0.3) is 0 Å². The van der Waals surface area contributed by atoms with E-state index < -0.39 is 17.4 Å². The van der Waals surface area contributed by atoms with E-state index in [1.807, 2.05) is 36.5 Å². The van der Waals surface area contributed by atoms with Gasteiger partial charge in [-0.15, -0.1) is 0 Å². The van der Waals surface area contributed by atoms with Crippen LogP contribution in [0, 0.1) is 0 Å². The molecule has 0 aromatic heterocycles. The van der Waals surface area contributed by atoms with Crippen LogP contribution in [-0.4, -0.2) is 49.3 Å². The zero-order valence-electron chi connectivity index (χ0n) is 15.9. The highest BCUT2D eigenvalue weighted by Crippen LogP contribution is 2.32. The largest absolute Gasteiger partial charge is 0.494 e. The molecular formula is C21H18N4O4. The molecule has 0 aliphatic carbocycles. The predicted octanol–water partition coefficient (Wildman–Crippen LogP) is 1.71. The number of Topliss-reactive ketones (excluding diaryl/α,β-unsaturated/α-hetero) is 1. The summed E-state index contributed by atoms with van der Waals surface area (Å²) in [5, 5.41) is 2.55. The molecule has 0 saturated carbocycles. The maximum absolute atomic E-state index is 11.8. The summed E-state index contributed by atoms with van der Waals surface area (Å²) in [5.41, 5.74) is 2.17. The molecule has 146 valence electrons. The highest BCUT2D eigenvalue weighted by atomic mass is 16.5. The topological polar surface area (TPSA) is 102 Å². The number of nitrogens with one attached hydrogen (secondary N) is 1. The van der Waals surface area contributed by atoms with Crippen LogP contribution in [0.3, 0.4) is 0 Å². The fourth-order valence-electron chi connectivity index (χ4n) is 3.28. The third-order valence-electron chi connectivity index (χ3n) is 4.64. The Morgan fingerprint density at radius 3 is 2.45 bits per heavy atom. The Hall–Kier alpha value is -3.65. The van der Waals surface area contributed by atoms with Crippen LogP contribution in [-0.2, 0) is 19.1 Å². The van der Waals surface area contributed by atoms with E-state index in [4.69, 9.17) is 9.47 Å². The number of carbonyl (C=O) groups is 2. The summed E-state index contributed by atoms with van der Waals surface area (Å²) in [4.78, 5) is 36.7. The maximum atomic E-state index is 11.8. The van der Waals surface area contributed by atoms with Crippen LogP contribution in [0.1, 0.15) is 6.42 Å². The second kappa shape index (κ2) is 7.40. The summed E-state index contributed by atoms with van der Waals surface area (Å²) >= 11 is 0. The summed E-state index contributed by atoms with van der Waals surface area (Å²) < 4.78 is 10.9. The van der Waals surface area contributed by atoms with Crippen molar-refractivity contribution in [2.45, 2.75) is 12.1 Å². The fraction of sp³-hybridized carbons (Fsp3) is 0.190. The molecule has 0 spiro atoms. The Morgan fingerprint density at radius 1 is 1.03 bits per heavy atom. The van der Waals surface area contributed by atoms with Gasteiger partial charge in [-0.2, -0.15) is 0 Å². The van der Waals surface area contributed by atoms with Gasteiger partial charge in [-0.1, -0.05) is 0 Å². The van der Waals surface area contributed by atoms with Crippen LogP contribution in [0.2, 0.25) is 0 Å². The Morgan fingerprint density at radius 2 is 1.79 bits per heavy atom. The van der Waals surface area contributed by atoms with Crippen LogP contribution < -0.4 is 5.32 Å². The first-order valence-electron chi connectivity index (χ1n) is 8.90. The molecule has 0 aromatic carbocycles. The van der Waals surface area contributed by atoms with E-state index in [0.717, 1.165) is 17.1 Å². The fourth-order valence-corrected chi connectivity index (χ4v) is 3.28. The number of aliphatic imine (C=N–C) groups is 3. The predicted molar refractivity (Wildman–Crippen MR) is 108 cm³/mol. The molecule has 4 aliphatic heterocycles. The third kappa shape index (κ3) is 3.57. The van der Waals surface area contributed by atoms with Crippen molar-refractivity contribution in [3.8, 4) is 0 Å². The SMILES string of the molecule is COC(=C1C=CC(C=C2C=CC(C=C3C=CC=N3)=N2)=N1)C1(OC)CC(=O)C(=O)N1. The van der Waals surface area contributed by atoms with E-state index in [2.05, 4.69) is 20.3 Å². The van der Waals surface area contributed by atoms with Gasteiger partial charge in [0.05, 0.1) is 36.3 Å². The van der Waals surface area contributed by atoms with Gasteiger partial charge in [0, 0.05) is 13.3 Å². The average molecular weight is 390 g/mol. The second-order valence-corrected chi connectivity index (χ2v) is 6.52. The lowest BCUT2D eigenvalue weighted by Gasteiger charge is -2.28. The van der Waals surface area contributed by atoms with Crippen molar-refractivity contribution >= 4 is 29.3 Å². The van der Waals surface area contributed by atoms with Crippen LogP contribution >= 0.6 is 0 Å². The van der Waals surface area contributed by atoms with Gasteiger partial charge in [-0.3, -0.25) is 14.6 Å². The number of amides is 1. The number of allylic oxidation sites excluding steroid dienone is 8. The number of carbonyl (C=O) groups excluding carboxylic acids is 2. The molecule has 1 amide bonds. The van der Waals surface area contributed by atoms with E-state index in [-0.39, 0.29) is 12.2 Å². The Labute approximate surface area is 167 Å². The van der Waals surface area contributed by atoms with Crippen molar-refractivity contribution in [2.24, 2.45) is 15.0 Å². The average Bonchev–Trinajstić information content (AvgIpc) is 3.48. The van der Waals surface area contributed by atoms with Gasteiger partial charge in [0.1, 0.15) is 5.70 Å². The van der Waals surface area contributed by atoms with Gasteiger partial charge in [-0.25, -0.2) is 9.98 Å². The van der Waals surface area contributed by atoms with Gasteiger partial charge >= 0.3 is 0 Å². The van der Waals surface area contributed by atoms with Crippen molar-refractivity contribution in [1.82, 2.24) is 5.32 Å². The normalized spacial score (nSPS) is 29.3. The highest BCUT2D eigenvalue weighted by molar-refractivity contribution is 6.38. The Balaban J connectivity index is 1.60. The van der Waals surface area contributed by atoms with Crippen LogP contribution in [0.15, 0.2) is 86.4 Å². The van der Waals surface area contributed by atoms with Gasteiger partial charge in [0.2, 0.25) is 11.5 Å². The van der Waals surface area contributed by atoms with E-state index in [1.54, 1.807) is 18.4 Å². The van der Waals surface area contributed by atoms with Gasteiger partial charge < -0.3 is 14.8 Å². The Bertz CT molecular complexity index is 1030. The molecule has 0 radical (unpaired) electrons. The Kier molecular flexibility index (Phi) is 4.77. The molecule has 4 rings (SSSR count). The van der Waals surface area contributed by atoms with E-state index in [1.165, 1.54) is 14.2 Å². The zero-order valence-corrected chi connectivity index (χ0v) is 15.9. The van der Waals surface area contributed by atoms with Crippen molar-refractivity contribution in [2.75, 3.05) is 14.2 Å². The molecule has 1 saturated heterocycles. The molecule has 8 heteroatoms. The standard InChI is InChI=1S/C21H18N4O4/c1-28-19(21(29-2)12-18(26)20(27)25-21)17-8-7-16(24-17)11-15-6-5-14(23-15)10-13-4-3-9-22-13/h3-11H,12H2,1-2H3,(H,25,27). The molecule has 0 aromatic rings. The second-order valence-electron chi connectivity index (χ2n) is 6.52. The van der Waals surface area contributed by atoms with Crippen molar-refractivity contribution in [1.29, 1.82) is 0 Å². The number of hydrogen-bond acceptors (Lipinski definition) is 7. The van der Waals surface area contributed by atoms with Crippen molar-refractivity contribution < 1.29 is 19.1 Å². The molecule has 29 heavy (non-hydrogen) atoms. The number of nitrogens with zero attached hydrogens (tertiary/aromatic N) is 3. The number of ketones is 1. The van der Waals surface area contributed by atoms with Gasteiger partial charge in [-0.05, 0) is 48.6 Å². The summed E-state index contributed by atoms with van der Waals surface area (Å²) in [6.07, 6.45) is 16.4. The summed E-state index contributed by atoms with van der Waals surface area (Å²) in [5.74, 6) is -1.00. The molecule has 4 aliphatic rings. The number of ether oxygens (including phenoxy) is 2. The first kappa shape index (κ1) is 18.7.